The molecule has 11 nitrogen and oxygen atoms in total. The number of carbonyl (C=O) groups is 2. The highest BCUT2D eigenvalue weighted by Gasteiger charge is 2.23. The summed E-state index contributed by atoms with van der Waals surface area (Å²) in [7, 11) is 1.57. The van der Waals surface area contributed by atoms with Crippen LogP contribution in [0.25, 0.3) is 16.8 Å². The fraction of sp³-hybridized carbons (Fsp3) is 0.243. The molecule has 50 heavy (non-hydrogen) atoms. The molecule has 3 aromatic carbocycles. The smallest absolute Gasteiger partial charge is 0.335 e. The number of rotatable bonds is 10. The molecule has 0 atom stereocenters. The highest BCUT2D eigenvalue weighted by Crippen LogP contribution is 2.39. The number of nitrogens with one attached hydrogen (secondary N) is 3. The van der Waals surface area contributed by atoms with Gasteiger partial charge in [-0.05, 0) is 72.5 Å². The molecule has 0 radical (unpaired) electrons. The van der Waals surface area contributed by atoms with Crippen molar-refractivity contribution in [1.29, 1.82) is 0 Å². The summed E-state index contributed by atoms with van der Waals surface area (Å²) in [6.45, 7) is 9.27. The van der Waals surface area contributed by atoms with Crippen LogP contribution in [0.4, 0.5) is 15.0 Å². The van der Waals surface area contributed by atoms with Crippen LogP contribution in [0.1, 0.15) is 59.2 Å². The van der Waals surface area contributed by atoms with Crippen LogP contribution in [0, 0.1) is 19.7 Å². The third kappa shape index (κ3) is 7.81. The number of urea groups is 1. The molecule has 0 aliphatic rings. The Morgan fingerprint density at radius 2 is 1.80 bits per heavy atom. The van der Waals surface area contributed by atoms with Gasteiger partial charge in [-0.2, -0.15) is 5.10 Å². The Morgan fingerprint density at radius 3 is 2.50 bits per heavy atom. The van der Waals surface area contributed by atoms with Crippen molar-refractivity contribution in [3.63, 3.8) is 0 Å². The third-order valence-electron chi connectivity index (χ3n) is 8.05. The minimum Gasteiger partial charge on any atom is -0.497 e. The molecule has 0 saturated heterocycles. The number of hydrogen-bond donors (Lipinski definition) is 4. The summed E-state index contributed by atoms with van der Waals surface area (Å²) in [5, 5.41) is 19.7. The molecule has 2 heterocycles. The molecule has 0 unspecified atom stereocenters. The number of aromatic amines is 1. The van der Waals surface area contributed by atoms with Crippen molar-refractivity contribution < 1.29 is 28.6 Å². The van der Waals surface area contributed by atoms with Gasteiger partial charge in [-0.25, -0.2) is 18.7 Å². The number of carboxylic acids is 1. The molecule has 0 spiro atoms. The summed E-state index contributed by atoms with van der Waals surface area (Å²) < 4.78 is 27.6. The van der Waals surface area contributed by atoms with Crippen LogP contribution in [-0.2, 0) is 18.6 Å². The van der Waals surface area contributed by atoms with E-state index in [1.807, 2.05) is 32.9 Å². The number of benzene rings is 3. The summed E-state index contributed by atoms with van der Waals surface area (Å²) in [4.78, 5) is 40.3. The molecule has 4 N–H and O–H groups in total. The van der Waals surface area contributed by atoms with E-state index in [9.17, 15) is 23.9 Å². The Labute approximate surface area is 293 Å². The number of H-pyrrole nitrogens is 1. The Morgan fingerprint density at radius 1 is 1.04 bits per heavy atom. The summed E-state index contributed by atoms with van der Waals surface area (Å²) >= 11 is 6.47. The van der Waals surface area contributed by atoms with Crippen molar-refractivity contribution >= 4 is 29.4 Å². The number of nitrogens with zero attached hydrogens (tertiary/aromatic N) is 2. The first kappa shape index (κ1) is 35.7. The third-order valence-corrected chi connectivity index (χ3v) is 8.40. The van der Waals surface area contributed by atoms with E-state index in [4.69, 9.17) is 26.2 Å². The number of hydrogen-bond acceptors (Lipinski definition) is 6. The molecule has 0 aliphatic carbocycles. The molecule has 2 aromatic heterocycles. The lowest BCUT2D eigenvalue weighted by atomic mass is 9.92. The molecular formula is C37H37ClFN5O6. The minimum atomic E-state index is -1.12. The monoisotopic (exact) mass is 701 g/mol. The maximum atomic E-state index is 14.5. The maximum absolute atomic E-state index is 14.5. The van der Waals surface area contributed by atoms with Crippen molar-refractivity contribution in [1.82, 2.24) is 20.1 Å². The second-order valence-electron chi connectivity index (χ2n) is 12.7. The second-order valence-corrected chi connectivity index (χ2v) is 13.1. The Balaban J connectivity index is 1.40. The van der Waals surface area contributed by atoms with E-state index in [1.54, 1.807) is 49.9 Å². The van der Waals surface area contributed by atoms with Crippen LogP contribution < -0.4 is 25.7 Å². The van der Waals surface area contributed by atoms with Gasteiger partial charge < -0.3 is 24.9 Å². The zero-order valence-electron chi connectivity index (χ0n) is 28.4. The minimum absolute atomic E-state index is 0.0417. The van der Waals surface area contributed by atoms with Crippen molar-refractivity contribution in [2.24, 2.45) is 0 Å². The van der Waals surface area contributed by atoms with E-state index < -0.39 is 23.4 Å². The number of anilines is 1. The highest BCUT2D eigenvalue weighted by molar-refractivity contribution is 6.32. The number of aryl methyl sites for hydroxylation is 2. The molecule has 0 bridgehead atoms. The highest BCUT2D eigenvalue weighted by atomic mass is 35.5. The number of halogens is 2. The van der Waals surface area contributed by atoms with Gasteiger partial charge in [0.2, 0.25) is 0 Å². The van der Waals surface area contributed by atoms with Gasteiger partial charge in [0, 0.05) is 35.3 Å². The Kier molecular flexibility index (Phi) is 10.3. The van der Waals surface area contributed by atoms with Gasteiger partial charge in [0.05, 0.1) is 24.1 Å². The quantitative estimate of drug-likeness (QED) is 0.118. The summed E-state index contributed by atoms with van der Waals surface area (Å²) in [6.07, 6.45) is 0. The van der Waals surface area contributed by atoms with Gasteiger partial charge in [-0.1, -0.05) is 50.6 Å². The topological polar surface area (TPSA) is 148 Å². The number of carbonyl (C=O) groups excluding carboxylic acids is 1. The van der Waals surface area contributed by atoms with Gasteiger partial charge in [0.25, 0.3) is 5.56 Å². The van der Waals surface area contributed by atoms with Crippen LogP contribution >= 0.6 is 11.6 Å². The number of ether oxygens (including phenoxy) is 2. The van der Waals surface area contributed by atoms with Crippen molar-refractivity contribution in [3.05, 3.63) is 122 Å². The van der Waals surface area contributed by atoms with Crippen molar-refractivity contribution in [2.45, 2.75) is 53.2 Å². The van der Waals surface area contributed by atoms with E-state index in [2.05, 4.69) is 15.6 Å². The molecule has 0 saturated carbocycles. The molecule has 5 aromatic rings. The number of methoxy groups -OCH3 is 1. The molecule has 0 aliphatic heterocycles. The standard InChI is InChI=1S/C37H37ClFN5O6/c1-20-10-11-22(35(46)47)15-28(20)31-21(2)41-34(45)32(38)33(31)50-19-23-12-13-25(39)14-24(23)18-40-36(48)42-30-17-29(37(3,4)5)43-44(30)26-8-7-9-27(16-26)49-6/h7-17H,18-19H2,1-6H3,(H,41,45)(H,46,47)(H2,40,42,48). The summed E-state index contributed by atoms with van der Waals surface area (Å²) in [6, 6.07) is 17.2. The van der Waals surface area contributed by atoms with Gasteiger partial charge in [0.15, 0.2) is 5.75 Å². The lowest BCUT2D eigenvalue weighted by Gasteiger charge is -2.18. The van der Waals surface area contributed by atoms with Crippen LogP contribution in [0.2, 0.25) is 5.02 Å². The number of pyridine rings is 1. The number of carboxylic acid groups (broad SMARTS) is 1. The summed E-state index contributed by atoms with van der Waals surface area (Å²) in [5.41, 5.74) is 3.58. The largest absolute Gasteiger partial charge is 0.497 e. The molecule has 260 valence electrons. The number of amides is 2. The molecule has 5 rings (SSSR count). The zero-order valence-corrected chi connectivity index (χ0v) is 29.2. The molecule has 13 heteroatoms. The lowest BCUT2D eigenvalue weighted by molar-refractivity contribution is 0.0697. The van der Waals surface area contributed by atoms with Gasteiger partial charge >= 0.3 is 12.0 Å². The van der Waals surface area contributed by atoms with E-state index in [0.717, 1.165) is 11.3 Å². The number of aromatic nitrogens is 3. The maximum Gasteiger partial charge on any atom is 0.335 e. The molecular weight excluding hydrogens is 665 g/mol. The molecule has 2 amide bonds. The predicted molar refractivity (Wildman–Crippen MR) is 189 cm³/mol. The van der Waals surface area contributed by atoms with Crippen molar-refractivity contribution in [2.75, 3.05) is 12.4 Å². The fourth-order valence-electron chi connectivity index (χ4n) is 5.32. The van der Waals surface area contributed by atoms with Crippen molar-refractivity contribution in [3.8, 4) is 28.3 Å². The molecule has 0 fully saturated rings. The van der Waals surface area contributed by atoms with Crippen LogP contribution in [0.15, 0.2) is 71.5 Å². The van der Waals surface area contributed by atoms with Gasteiger partial charge in [0.1, 0.15) is 29.0 Å². The van der Waals surface area contributed by atoms with E-state index in [-0.39, 0.29) is 34.9 Å². The van der Waals surface area contributed by atoms with E-state index in [0.29, 0.717) is 45.2 Å². The van der Waals surface area contributed by atoms with Gasteiger partial charge in [-0.15, -0.1) is 0 Å². The zero-order chi connectivity index (χ0) is 36.3. The Bertz CT molecular complexity index is 2150. The summed E-state index contributed by atoms with van der Waals surface area (Å²) in [5.74, 6) is -0.561. The Hall–Kier alpha value is -5.62. The van der Waals surface area contributed by atoms with Gasteiger partial charge in [-0.3, -0.25) is 10.1 Å². The van der Waals surface area contributed by atoms with E-state index >= 15 is 0 Å². The fourth-order valence-corrected chi connectivity index (χ4v) is 5.51. The van der Waals surface area contributed by atoms with Crippen LogP contribution in [-0.4, -0.2) is 39.0 Å². The SMILES string of the molecule is COc1cccc(-n2nc(C(C)(C)C)cc2NC(=O)NCc2cc(F)ccc2COc2c(-c3cc(C(=O)O)ccc3C)c(C)[nH]c(=O)c2Cl)c1. The number of aromatic carboxylic acids is 1. The normalized spacial score (nSPS) is 11.3. The second kappa shape index (κ2) is 14.5. The van der Waals surface area contributed by atoms with E-state index in [1.165, 1.54) is 30.3 Å². The first-order valence-corrected chi connectivity index (χ1v) is 16.0. The average Bonchev–Trinajstić information content (AvgIpc) is 3.50. The average molecular weight is 702 g/mol. The first-order chi connectivity index (χ1) is 23.7. The van der Waals surface area contributed by atoms with Crippen LogP contribution in [0.3, 0.4) is 0 Å². The lowest BCUT2D eigenvalue weighted by Crippen LogP contribution is -2.29. The van der Waals surface area contributed by atoms with Crippen LogP contribution in [0.5, 0.6) is 11.5 Å². The first-order valence-electron chi connectivity index (χ1n) is 15.6. The predicted octanol–water partition coefficient (Wildman–Crippen LogP) is 7.54.